The number of carbonyl (C=O) groups excluding carboxylic acids is 3. The Morgan fingerprint density at radius 1 is 1.00 bits per heavy atom. The maximum absolute atomic E-state index is 14.4. The minimum atomic E-state index is -0.661. The van der Waals surface area contributed by atoms with E-state index in [0.717, 1.165) is 50.5 Å². The fourth-order valence-electron chi connectivity index (χ4n) is 10.6. The lowest BCUT2D eigenvalue weighted by Gasteiger charge is -2.68. The van der Waals surface area contributed by atoms with Gasteiger partial charge in [0.05, 0.1) is 18.1 Å². The van der Waals surface area contributed by atoms with Crippen LogP contribution in [0.1, 0.15) is 92.4 Å². The Bertz CT molecular complexity index is 1230. The topological polar surface area (TPSA) is 84.2 Å². The molecule has 6 aliphatic carbocycles. The van der Waals surface area contributed by atoms with Gasteiger partial charge in [-0.3, -0.25) is 14.4 Å². The molecule has 0 saturated heterocycles. The highest BCUT2D eigenvalue weighted by atomic mass is 16.5. The van der Waals surface area contributed by atoms with Crippen molar-refractivity contribution in [1.82, 2.24) is 0 Å². The summed E-state index contributed by atoms with van der Waals surface area (Å²) >= 11 is 0. The van der Waals surface area contributed by atoms with E-state index in [2.05, 4.69) is 26.8 Å². The Morgan fingerprint density at radius 2 is 1.65 bits per heavy atom. The highest BCUT2D eigenvalue weighted by molar-refractivity contribution is 6.04. The summed E-state index contributed by atoms with van der Waals surface area (Å²) in [7, 11) is 1.50. The van der Waals surface area contributed by atoms with Crippen molar-refractivity contribution >= 4 is 17.5 Å². The molecule has 198 valence electrons. The average molecular weight is 504 g/mol. The highest BCUT2D eigenvalue weighted by Crippen LogP contribution is 2.76. The molecule has 0 bridgehead atoms. The molecule has 0 N–H and O–H groups in total. The number of ketones is 2. The van der Waals surface area contributed by atoms with Gasteiger partial charge in [-0.05, 0) is 91.9 Å². The molecule has 0 heterocycles. The van der Waals surface area contributed by atoms with E-state index in [1.165, 1.54) is 20.0 Å². The molecule has 7 atom stereocenters. The van der Waals surface area contributed by atoms with Crippen LogP contribution in [0.15, 0.2) is 23.3 Å². The first-order valence-electron chi connectivity index (χ1n) is 14.3. The summed E-state index contributed by atoms with van der Waals surface area (Å²) in [5.74, 6) is -0.201. The fraction of sp³-hybridized carbons (Fsp3) is 0.750. The number of nitriles is 1. The van der Waals surface area contributed by atoms with Crippen molar-refractivity contribution in [2.75, 3.05) is 7.11 Å². The molecule has 5 nitrogen and oxygen atoms in total. The van der Waals surface area contributed by atoms with Gasteiger partial charge < -0.3 is 4.74 Å². The zero-order valence-corrected chi connectivity index (χ0v) is 23.3. The summed E-state index contributed by atoms with van der Waals surface area (Å²) in [5.41, 5.74) is -0.635. The van der Waals surface area contributed by atoms with Gasteiger partial charge in [0.15, 0.2) is 11.6 Å². The van der Waals surface area contributed by atoms with Crippen molar-refractivity contribution in [2.24, 2.45) is 50.2 Å². The first kappa shape index (κ1) is 25.1. The zero-order valence-electron chi connectivity index (χ0n) is 23.3. The van der Waals surface area contributed by atoms with Crippen LogP contribution in [0.2, 0.25) is 0 Å². The Kier molecular flexibility index (Phi) is 4.91. The van der Waals surface area contributed by atoms with Crippen molar-refractivity contribution < 1.29 is 19.1 Å². The summed E-state index contributed by atoms with van der Waals surface area (Å²) in [6.45, 7) is 10.8. The van der Waals surface area contributed by atoms with Gasteiger partial charge in [-0.15, -0.1) is 0 Å². The molecule has 6 rings (SSSR count). The number of carbonyl (C=O) groups is 3. The van der Waals surface area contributed by atoms with Crippen molar-refractivity contribution in [3.63, 3.8) is 0 Å². The molecule has 0 radical (unpaired) electrons. The summed E-state index contributed by atoms with van der Waals surface area (Å²) in [6, 6.07) is 2.18. The molecule has 1 spiro atoms. The molecule has 37 heavy (non-hydrogen) atoms. The molecular weight excluding hydrogens is 462 g/mol. The summed E-state index contributed by atoms with van der Waals surface area (Å²) in [6.07, 6.45) is 12.5. The zero-order chi connectivity index (χ0) is 26.8. The fourth-order valence-corrected chi connectivity index (χ4v) is 10.6. The minimum absolute atomic E-state index is 0.0113. The molecule has 5 heteroatoms. The molecule has 6 aliphatic rings. The predicted molar refractivity (Wildman–Crippen MR) is 139 cm³/mol. The monoisotopic (exact) mass is 503 g/mol. The third kappa shape index (κ3) is 2.83. The number of Topliss-reactive ketones (excluding diaryl/α,β-unsaturated/α-hetero) is 1. The number of fused-ring (bicyclic) bond motifs is 7. The Morgan fingerprint density at radius 3 is 2.27 bits per heavy atom. The minimum Gasteiger partial charge on any atom is -0.469 e. The van der Waals surface area contributed by atoms with E-state index in [1.54, 1.807) is 0 Å². The van der Waals surface area contributed by atoms with Crippen LogP contribution >= 0.6 is 0 Å². The van der Waals surface area contributed by atoms with E-state index in [-0.39, 0.29) is 51.7 Å². The van der Waals surface area contributed by atoms with Crippen molar-refractivity contribution in [1.29, 1.82) is 5.26 Å². The third-order valence-electron chi connectivity index (χ3n) is 13.1. The molecular formula is C32H41NO4. The lowest BCUT2D eigenvalue weighted by atomic mass is 9.34. The standard InChI is InChI=1S/C32H41NO4/c1-27(2)22-7-8-29(4)23(28(22,3)16-19(18-33)25(27)35)15-21(34)24-20-17-31(10-11-31)12-14-32(20,26(36)37-6)13-9-30(24,29)5/h15-16,20,22,24H,7-14,17H2,1-6H3/t20-,22-,24-,28-,29+,30+,32+/m0/s1. The first-order valence-corrected chi connectivity index (χ1v) is 14.3. The molecule has 0 aliphatic heterocycles. The molecule has 0 unspecified atom stereocenters. The Labute approximate surface area is 221 Å². The number of nitrogens with zero attached hydrogens (tertiary/aromatic N) is 1. The largest absolute Gasteiger partial charge is 0.469 e. The van der Waals surface area contributed by atoms with E-state index in [1.807, 2.05) is 26.0 Å². The van der Waals surface area contributed by atoms with Crippen LogP contribution in [0.5, 0.6) is 0 Å². The lowest BCUT2D eigenvalue weighted by Crippen LogP contribution is -2.65. The smallest absolute Gasteiger partial charge is 0.312 e. The molecule has 0 aromatic carbocycles. The normalized spacial score (nSPS) is 46.8. The van der Waals surface area contributed by atoms with E-state index in [9.17, 15) is 19.6 Å². The van der Waals surface area contributed by atoms with Gasteiger partial charge in [0, 0.05) is 16.7 Å². The quantitative estimate of drug-likeness (QED) is 0.402. The number of methoxy groups -OCH3 is 1. The van der Waals surface area contributed by atoms with E-state index in [0.29, 0.717) is 5.41 Å². The van der Waals surface area contributed by atoms with Gasteiger partial charge >= 0.3 is 5.97 Å². The molecule has 0 amide bonds. The van der Waals surface area contributed by atoms with E-state index < -0.39 is 16.2 Å². The van der Waals surface area contributed by atoms with Crippen LogP contribution in [-0.2, 0) is 19.1 Å². The second kappa shape index (κ2) is 7.25. The highest BCUT2D eigenvalue weighted by Gasteiger charge is 2.72. The summed E-state index contributed by atoms with van der Waals surface area (Å²) < 4.78 is 5.43. The molecule has 0 aromatic heterocycles. The third-order valence-corrected chi connectivity index (χ3v) is 13.1. The summed E-state index contributed by atoms with van der Waals surface area (Å²) in [5, 5.41) is 9.87. The predicted octanol–water partition coefficient (Wildman–Crippen LogP) is 6.13. The number of allylic oxidation sites excluding steroid dienone is 4. The van der Waals surface area contributed by atoms with Gasteiger partial charge in [-0.25, -0.2) is 0 Å². The van der Waals surface area contributed by atoms with Crippen molar-refractivity contribution in [3.05, 3.63) is 23.3 Å². The number of rotatable bonds is 1. The summed E-state index contributed by atoms with van der Waals surface area (Å²) in [4.78, 5) is 41.0. The second-order valence-corrected chi connectivity index (χ2v) is 14.7. The molecule has 4 saturated carbocycles. The van der Waals surface area contributed by atoms with Crippen LogP contribution in [-0.4, -0.2) is 24.6 Å². The Balaban J connectivity index is 1.52. The second-order valence-electron chi connectivity index (χ2n) is 14.7. The van der Waals surface area contributed by atoms with Crippen LogP contribution < -0.4 is 0 Å². The van der Waals surface area contributed by atoms with Gasteiger partial charge in [0.2, 0.25) is 0 Å². The van der Waals surface area contributed by atoms with Crippen LogP contribution in [0, 0.1) is 61.6 Å². The van der Waals surface area contributed by atoms with Crippen LogP contribution in [0.25, 0.3) is 0 Å². The maximum Gasteiger partial charge on any atom is 0.312 e. The maximum atomic E-state index is 14.4. The van der Waals surface area contributed by atoms with Gasteiger partial charge in [-0.2, -0.15) is 5.26 Å². The van der Waals surface area contributed by atoms with Crippen molar-refractivity contribution in [3.8, 4) is 6.07 Å². The number of hydrogen-bond acceptors (Lipinski definition) is 5. The van der Waals surface area contributed by atoms with Gasteiger partial charge in [0.25, 0.3) is 0 Å². The van der Waals surface area contributed by atoms with Crippen molar-refractivity contribution in [2.45, 2.75) is 92.4 Å². The van der Waals surface area contributed by atoms with Gasteiger partial charge in [-0.1, -0.05) is 46.3 Å². The van der Waals surface area contributed by atoms with Crippen LogP contribution in [0.4, 0.5) is 0 Å². The Hall–Kier alpha value is -2.22. The van der Waals surface area contributed by atoms with Crippen LogP contribution in [0.3, 0.4) is 0 Å². The number of ether oxygens (including phenoxy) is 1. The molecule has 0 aromatic rings. The first-order chi connectivity index (χ1) is 17.2. The molecule has 4 fully saturated rings. The lowest BCUT2D eigenvalue weighted by molar-refractivity contribution is -0.188. The SMILES string of the molecule is COC(=O)[C@]12CCC3(CC3)C[C@H]1[C@H]1C(=O)C=C3[C@@]4(C)C=C(C#N)C(=O)C(C)(C)[C@@H]4CC[C@@]3(C)[C@]1(C)CC2. The van der Waals surface area contributed by atoms with E-state index in [4.69, 9.17) is 4.74 Å². The number of hydrogen-bond donors (Lipinski definition) is 0. The van der Waals surface area contributed by atoms with Gasteiger partial charge in [0.1, 0.15) is 6.07 Å². The number of esters is 1. The van der Waals surface area contributed by atoms with E-state index >= 15 is 0 Å². The average Bonchev–Trinajstić information content (AvgIpc) is 3.61.